The summed E-state index contributed by atoms with van der Waals surface area (Å²) in [5.74, 6) is 1.25. The second-order valence-electron chi connectivity index (χ2n) is 9.45. The fourth-order valence-electron chi connectivity index (χ4n) is 5.07. The molecule has 9 nitrogen and oxygen atoms in total. The SMILES string of the molecule is COc1cc(C2CCN(CC(O)CO)CC2)c(F)cc1Nc1ncc2ccc(-c3ccccc3OC)n2n1. The van der Waals surface area contributed by atoms with E-state index in [9.17, 15) is 5.11 Å². The summed E-state index contributed by atoms with van der Waals surface area (Å²) in [6, 6.07) is 14.8. The minimum atomic E-state index is -0.757. The molecule has 3 heterocycles. The molecule has 0 aliphatic carbocycles. The largest absolute Gasteiger partial charge is 0.496 e. The van der Waals surface area contributed by atoms with Gasteiger partial charge in [-0.3, -0.25) is 0 Å². The smallest absolute Gasteiger partial charge is 0.245 e. The monoisotopic (exact) mass is 521 g/mol. The summed E-state index contributed by atoms with van der Waals surface area (Å²) in [6.45, 7) is 1.61. The van der Waals surface area contributed by atoms with Crippen LogP contribution in [-0.2, 0) is 0 Å². The zero-order valence-corrected chi connectivity index (χ0v) is 21.5. The average Bonchev–Trinajstić information content (AvgIpc) is 3.36. The number of ether oxygens (including phenoxy) is 2. The Morgan fingerprint density at radius 3 is 2.58 bits per heavy atom. The maximum Gasteiger partial charge on any atom is 0.245 e. The van der Waals surface area contributed by atoms with Crippen LogP contribution in [0, 0.1) is 5.82 Å². The first-order valence-electron chi connectivity index (χ1n) is 12.6. The van der Waals surface area contributed by atoms with E-state index in [1.165, 1.54) is 6.07 Å². The first kappa shape index (κ1) is 25.9. The maximum atomic E-state index is 15.3. The molecule has 0 radical (unpaired) electrons. The van der Waals surface area contributed by atoms with Crippen LogP contribution in [0.15, 0.2) is 54.7 Å². The van der Waals surface area contributed by atoms with Crippen molar-refractivity contribution in [2.75, 3.05) is 45.8 Å². The highest BCUT2D eigenvalue weighted by molar-refractivity contribution is 5.72. The van der Waals surface area contributed by atoms with Crippen LogP contribution in [0.5, 0.6) is 11.5 Å². The number of likely N-dealkylation sites (tertiary alicyclic amines) is 1. The summed E-state index contributed by atoms with van der Waals surface area (Å²) >= 11 is 0. The van der Waals surface area contributed by atoms with Gasteiger partial charge in [0.2, 0.25) is 5.95 Å². The van der Waals surface area contributed by atoms with E-state index in [0.717, 1.165) is 48.5 Å². The highest BCUT2D eigenvalue weighted by Crippen LogP contribution is 2.37. The number of methoxy groups -OCH3 is 2. The standard InChI is InChI=1S/C28H32FN5O4/c1-37-26-6-4-3-5-21(26)25-8-7-19-15-30-28(32-34(19)25)31-24-14-23(29)22(13-27(24)38-2)18-9-11-33(12-10-18)16-20(36)17-35/h3-8,13-15,18,20,35-36H,9-12,16-17H2,1-2H3,(H,31,32). The van der Waals surface area contributed by atoms with Crippen LogP contribution in [0.1, 0.15) is 24.3 Å². The van der Waals surface area contributed by atoms with Crippen LogP contribution in [0.25, 0.3) is 16.8 Å². The number of nitrogens with zero attached hydrogens (tertiary/aromatic N) is 4. The summed E-state index contributed by atoms with van der Waals surface area (Å²) in [5.41, 5.74) is 3.58. The van der Waals surface area contributed by atoms with Gasteiger partial charge < -0.3 is 29.9 Å². The van der Waals surface area contributed by atoms with Crippen molar-refractivity contribution in [1.82, 2.24) is 19.5 Å². The topological polar surface area (TPSA) is 104 Å². The van der Waals surface area contributed by atoms with Gasteiger partial charge in [0.25, 0.3) is 0 Å². The maximum absolute atomic E-state index is 15.3. The molecule has 0 spiro atoms. The van der Waals surface area contributed by atoms with E-state index in [-0.39, 0.29) is 18.3 Å². The molecule has 1 unspecified atom stereocenters. The lowest BCUT2D eigenvalue weighted by atomic mass is 9.88. The fourth-order valence-corrected chi connectivity index (χ4v) is 5.07. The first-order valence-corrected chi connectivity index (χ1v) is 12.6. The molecule has 1 fully saturated rings. The van der Waals surface area contributed by atoms with E-state index in [0.29, 0.717) is 29.5 Å². The predicted molar refractivity (Wildman–Crippen MR) is 143 cm³/mol. The minimum Gasteiger partial charge on any atom is -0.496 e. The van der Waals surface area contributed by atoms with Gasteiger partial charge in [-0.15, -0.1) is 5.10 Å². The van der Waals surface area contributed by atoms with Crippen molar-refractivity contribution in [2.45, 2.75) is 24.9 Å². The third kappa shape index (κ3) is 5.28. The van der Waals surface area contributed by atoms with Gasteiger partial charge in [-0.1, -0.05) is 12.1 Å². The van der Waals surface area contributed by atoms with Crippen LogP contribution in [0.2, 0.25) is 0 Å². The lowest BCUT2D eigenvalue weighted by Crippen LogP contribution is -2.39. The molecular formula is C28H32FN5O4. The number of hydrogen-bond acceptors (Lipinski definition) is 8. The number of aliphatic hydroxyl groups is 2. The number of halogens is 1. The number of para-hydroxylation sites is 1. The molecule has 1 atom stereocenters. The summed E-state index contributed by atoms with van der Waals surface area (Å²) in [5, 5.41) is 26.6. The van der Waals surface area contributed by atoms with Crippen molar-refractivity contribution in [1.29, 1.82) is 0 Å². The number of hydrogen-bond donors (Lipinski definition) is 3. The Labute approximate surface area is 220 Å². The third-order valence-corrected chi connectivity index (χ3v) is 7.05. The van der Waals surface area contributed by atoms with Crippen LogP contribution in [-0.4, -0.2) is 76.3 Å². The summed E-state index contributed by atoms with van der Waals surface area (Å²) in [7, 11) is 3.18. The summed E-state index contributed by atoms with van der Waals surface area (Å²) in [6.07, 6.45) is 2.45. The molecule has 38 heavy (non-hydrogen) atoms. The van der Waals surface area contributed by atoms with Crippen molar-refractivity contribution < 1.29 is 24.1 Å². The third-order valence-electron chi connectivity index (χ3n) is 7.05. The van der Waals surface area contributed by atoms with E-state index in [1.807, 2.05) is 36.4 Å². The number of nitrogens with one attached hydrogen (secondary N) is 1. The molecule has 200 valence electrons. The molecule has 0 saturated carbocycles. The van der Waals surface area contributed by atoms with Gasteiger partial charge in [0, 0.05) is 18.2 Å². The number of aromatic nitrogens is 3. The number of piperidine rings is 1. The second-order valence-corrected chi connectivity index (χ2v) is 9.45. The minimum absolute atomic E-state index is 0.0383. The number of anilines is 2. The van der Waals surface area contributed by atoms with Gasteiger partial charge in [-0.05, 0) is 67.7 Å². The number of fused-ring (bicyclic) bond motifs is 1. The van der Waals surface area contributed by atoms with E-state index in [1.54, 1.807) is 31.0 Å². The Morgan fingerprint density at radius 1 is 1.08 bits per heavy atom. The summed E-state index contributed by atoms with van der Waals surface area (Å²) < 4.78 is 28.2. The van der Waals surface area contributed by atoms with E-state index in [4.69, 9.17) is 14.6 Å². The van der Waals surface area contributed by atoms with E-state index >= 15 is 4.39 Å². The van der Waals surface area contributed by atoms with Gasteiger partial charge in [0.15, 0.2) is 0 Å². The van der Waals surface area contributed by atoms with Crippen LogP contribution in [0.3, 0.4) is 0 Å². The molecule has 2 aromatic heterocycles. The number of β-amino-alcohol motifs (C(OH)–C–C–N with tert-alkyl or cyclic N) is 1. The van der Waals surface area contributed by atoms with Gasteiger partial charge >= 0.3 is 0 Å². The average molecular weight is 522 g/mol. The molecule has 5 rings (SSSR count). The first-order chi connectivity index (χ1) is 18.5. The Hall–Kier alpha value is -3.73. The van der Waals surface area contributed by atoms with Gasteiger partial charge in [-0.25, -0.2) is 13.9 Å². The summed E-state index contributed by atoms with van der Waals surface area (Å²) in [4.78, 5) is 6.51. The predicted octanol–water partition coefficient (Wildman–Crippen LogP) is 3.83. The zero-order chi connectivity index (χ0) is 26.6. The quantitative estimate of drug-likeness (QED) is 0.305. The number of benzene rings is 2. The number of rotatable bonds is 9. The van der Waals surface area contributed by atoms with Crippen molar-refractivity contribution >= 4 is 17.2 Å². The van der Waals surface area contributed by atoms with Gasteiger partial charge in [0.1, 0.15) is 17.3 Å². The fraction of sp³-hybridized carbons (Fsp3) is 0.357. The van der Waals surface area contributed by atoms with Crippen molar-refractivity contribution in [3.63, 3.8) is 0 Å². The van der Waals surface area contributed by atoms with Crippen molar-refractivity contribution in [3.8, 4) is 22.8 Å². The van der Waals surface area contributed by atoms with Gasteiger partial charge in [-0.2, -0.15) is 0 Å². The van der Waals surface area contributed by atoms with Crippen LogP contribution >= 0.6 is 0 Å². The lowest BCUT2D eigenvalue weighted by molar-refractivity contribution is 0.0511. The normalized spacial score (nSPS) is 15.5. The molecule has 0 bridgehead atoms. The molecular weight excluding hydrogens is 489 g/mol. The molecule has 1 aliphatic rings. The molecule has 4 aromatic rings. The Balaban J connectivity index is 1.38. The van der Waals surface area contributed by atoms with E-state index < -0.39 is 6.10 Å². The molecule has 1 saturated heterocycles. The van der Waals surface area contributed by atoms with Crippen LogP contribution in [0.4, 0.5) is 16.0 Å². The molecule has 10 heteroatoms. The van der Waals surface area contributed by atoms with Crippen molar-refractivity contribution in [3.05, 3.63) is 66.1 Å². The second kappa shape index (κ2) is 11.3. The van der Waals surface area contributed by atoms with Crippen molar-refractivity contribution in [2.24, 2.45) is 0 Å². The highest BCUT2D eigenvalue weighted by Gasteiger charge is 2.25. The van der Waals surface area contributed by atoms with Crippen LogP contribution < -0.4 is 14.8 Å². The Bertz CT molecular complexity index is 1400. The highest BCUT2D eigenvalue weighted by atomic mass is 19.1. The molecule has 2 aromatic carbocycles. The molecule has 0 amide bonds. The molecule has 1 aliphatic heterocycles. The Morgan fingerprint density at radius 2 is 1.84 bits per heavy atom. The van der Waals surface area contributed by atoms with Gasteiger partial charge in [0.05, 0.1) is 50.0 Å². The number of aliphatic hydroxyl groups excluding tert-OH is 2. The van der Waals surface area contributed by atoms with E-state index in [2.05, 4.69) is 20.3 Å². The lowest BCUT2D eigenvalue weighted by Gasteiger charge is -2.33. The zero-order valence-electron chi connectivity index (χ0n) is 21.5. The molecule has 3 N–H and O–H groups in total. The Kier molecular flexibility index (Phi) is 7.73.